The number of carbonyl (C=O) groups is 1. The SMILES string of the molecule is CCN(CC)S(=O)(=O)c1ccc(OCC(=O)Nc2ccc(F)c(C(F)(F)F)c2)cc1. The van der Waals surface area contributed by atoms with Gasteiger partial charge in [-0.3, -0.25) is 4.79 Å². The summed E-state index contributed by atoms with van der Waals surface area (Å²) in [6, 6.07) is 7.48. The molecule has 0 heterocycles. The molecule has 2 aromatic rings. The topological polar surface area (TPSA) is 75.7 Å². The summed E-state index contributed by atoms with van der Waals surface area (Å²) in [7, 11) is -3.63. The quantitative estimate of drug-likeness (QED) is 0.622. The molecule has 164 valence electrons. The zero-order valence-corrected chi connectivity index (χ0v) is 17.0. The lowest BCUT2D eigenvalue weighted by Crippen LogP contribution is -2.30. The first kappa shape index (κ1) is 23.6. The van der Waals surface area contributed by atoms with Crippen LogP contribution in [-0.4, -0.2) is 38.3 Å². The summed E-state index contributed by atoms with van der Waals surface area (Å²) >= 11 is 0. The number of carbonyl (C=O) groups excluding carboxylic acids is 1. The number of anilines is 1. The van der Waals surface area contributed by atoms with Crippen molar-refractivity contribution in [1.29, 1.82) is 0 Å². The summed E-state index contributed by atoms with van der Waals surface area (Å²) in [4.78, 5) is 12.0. The van der Waals surface area contributed by atoms with E-state index in [9.17, 15) is 30.8 Å². The van der Waals surface area contributed by atoms with Gasteiger partial charge in [0, 0.05) is 18.8 Å². The standard InChI is InChI=1S/C19H20F4N2O4S/c1-3-25(4-2)30(27,28)15-8-6-14(7-9-15)29-12-18(26)24-13-5-10-17(20)16(11-13)19(21,22)23/h5-11H,3-4,12H2,1-2H3,(H,24,26). The van der Waals surface area contributed by atoms with Crippen LogP contribution in [0, 0.1) is 5.82 Å². The number of alkyl halides is 3. The number of benzene rings is 2. The summed E-state index contributed by atoms with van der Waals surface area (Å²) < 4.78 is 82.8. The minimum absolute atomic E-state index is 0.0639. The molecule has 11 heteroatoms. The Hall–Kier alpha value is -2.66. The summed E-state index contributed by atoms with van der Waals surface area (Å²) in [5.74, 6) is -2.02. The van der Waals surface area contributed by atoms with Gasteiger partial charge in [-0.15, -0.1) is 0 Å². The van der Waals surface area contributed by atoms with E-state index in [1.165, 1.54) is 28.6 Å². The molecule has 2 rings (SSSR count). The Morgan fingerprint density at radius 2 is 1.67 bits per heavy atom. The summed E-state index contributed by atoms with van der Waals surface area (Å²) in [5, 5.41) is 2.18. The fourth-order valence-electron chi connectivity index (χ4n) is 2.59. The highest BCUT2D eigenvalue weighted by Crippen LogP contribution is 2.33. The van der Waals surface area contributed by atoms with E-state index in [0.717, 1.165) is 6.07 Å². The van der Waals surface area contributed by atoms with Gasteiger partial charge < -0.3 is 10.1 Å². The van der Waals surface area contributed by atoms with E-state index in [0.29, 0.717) is 25.2 Å². The zero-order valence-electron chi connectivity index (χ0n) is 16.2. The maximum absolute atomic E-state index is 13.3. The molecule has 0 saturated carbocycles. The maximum atomic E-state index is 13.3. The monoisotopic (exact) mass is 448 g/mol. The van der Waals surface area contributed by atoms with E-state index in [4.69, 9.17) is 4.74 Å². The highest BCUT2D eigenvalue weighted by molar-refractivity contribution is 7.89. The molecule has 0 aliphatic carbocycles. The highest BCUT2D eigenvalue weighted by atomic mass is 32.2. The lowest BCUT2D eigenvalue weighted by Gasteiger charge is -2.18. The number of hydrogen-bond donors (Lipinski definition) is 1. The van der Waals surface area contributed by atoms with E-state index < -0.39 is 40.1 Å². The first-order chi connectivity index (χ1) is 14.0. The van der Waals surface area contributed by atoms with Crippen LogP contribution in [0.1, 0.15) is 19.4 Å². The van der Waals surface area contributed by atoms with Crippen LogP contribution in [0.4, 0.5) is 23.2 Å². The van der Waals surface area contributed by atoms with Gasteiger partial charge in [0.2, 0.25) is 10.0 Å². The Kier molecular flexibility index (Phi) is 7.43. The highest BCUT2D eigenvalue weighted by Gasteiger charge is 2.34. The second kappa shape index (κ2) is 9.43. The molecule has 0 aromatic heterocycles. The number of ether oxygens (including phenoxy) is 1. The van der Waals surface area contributed by atoms with E-state index >= 15 is 0 Å². The van der Waals surface area contributed by atoms with Gasteiger partial charge in [-0.05, 0) is 42.5 Å². The molecule has 1 amide bonds. The van der Waals surface area contributed by atoms with E-state index in [-0.39, 0.29) is 16.3 Å². The molecule has 2 aromatic carbocycles. The first-order valence-corrected chi connectivity index (χ1v) is 10.3. The molecular formula is C19H20F4N2O4S. The molecule has 30 heavy (non-hydrogen) atoms. The number of halogens is 4. The number of amides is 1. The molecule has 6 nitrogen and oxygen atoms in total. The molecule has 0 spiro atoms. The number of sulfonamides is 1. The largest absolute Gasteiger partial charge is 0.484 e. The summed E-state index contributed by atoms with van der Waals surface area (Å²) in [6.07, 6.45) is -4.89. The van der Waals surface area contributed by atoms with Crippen LogP contribution in [0.15, 0.2) is 47.4 Å². The normalized spacial score (nSPS) is 12.1. The Bertz CT molecular complexity index is 989. The van der Waals surface area contributed by atoms with E-state index in [2.05, 4.69) is 5.32 Å². The molecule has 1 N–H and O–H groups in total. The number of nitrogens with zero attached hydrogens (tertiary/aromatic N) is 1. The second-order valence-corrected chi connectivity index (χ2v) is 8.03. The predicted octanol–water partition coefficient (Wildman–Crippen LogP) is 3.89. The van der Waals surface area contributed by atoms with Gasteiger partial charge >= 0.3 is 6.18 Å². The fourth-order valence-corrected chi connectivity index (χ4v) is 4.04. The molecule has 0 fully saturated rings. The average Bonchev–Trinajstić information content (AvgIpc) is 2.68. The zero-order chi connectivity index (χ0) is 22.5. The Morgan fingerprint density at radius 1 is 1.07 bits per heavy atom. The second-order valence-electron chi connectivity index (χ2n) is 6.09. The van der Waals surface area contributed by atoms with Crippen molar-refractivity contribution in [2.45, 2.75) is 24.9 Å². The van der Waals surface area contributed by atoms with Gasteiger partial charge in [-0.1, -0.05) is 13.8 Å². The third-order valence-corrected chi connectivity index (χ3v) is 6.16. The molecular weight excluding hydrogens is 428 g/mol. The van der Waals surface area contributed by atoms with Crippen molar-refractivity contribution in [3.8, 4) is 5.75 Å². The van der Waals surface area contributed by atoms with Gasteiger partial charge in [0.15, 0.2) is 6.61 Å². The van der Waals surface area contributed by atoms with Crippen molar-refractivity contribution in [1.82, 2.24) is 4.31 Å². The van der Waals surface area contributed by atoms with Crippen LogP contribution in [0.5, 0.6) is 5.75 Å². The van der Waals surface area contributed by atoms with Gasteiger partial charge in [0.25, 0.3) is 5.91 Å². The lowest BCUT2D eigenvalue weighted by atomic mass is 10.2. The summed E-state index contributed by atoms with van der Waals surface area (Å²) in [6.45, 7) is 3.53. The number of hydrogen-bond acceptors (Lipinski definition) is 4. The van der Waals surface area contributed by atoms with Crippen molar-refractivity contribution in [3.63, 3.8) is 0 Å². The molecule has 0 unspecified atom stereocenters. The lowest BCUT2D eigenvalue weighted by molar-refractivity contribution is -0.140. The third kappa shape index (κ3) is 5.70. The van der Waals surface area contributed by atoms with Gasteiger partial charge in [0.1, 0.15) is 11.6 Å². The molecule has 0 radical (unpaired) electrons. The number of nitrogens with one attached hydrogen (secondary N) is 1. The van der Waals surface area contributed by atoms with Crippen molar-refractivity contribution in [2.75, 3.05) is 25.0 Å². The van der Waals surface area contributed by atoms with Crippen LogP contribution in [0.25, 0.3) is 0 Å². The third-order valence-electron chi connectivity index (χ3n) is 4.09. The van der Waals surface area contributed by atoms with Crippen molar-refractivity contribution in [3.05, 3.63) is 53.8 Å². The smallest absolute Gasteiger partial charge is 0.419 e. The van der Waals surface area contributed by atoms with Crippen molar-refractivity contribution >= 4 is 21.6 Å². The molecule has 0 atom stereocenters. The van der Waals surface area contributed by atoms with Crippen LogP contribution >= 0.6 is 0 Å². The van der Waals surface area contributed by atoms with Crippen LogP contribution in [0.2, 0.25) is 0 Å². The average molecular weight is 448 g/mol. The Labute approximate surface area is 171 Å². The Morgan fingerprint density at radius 3 is 2.20 bits per heavy atom. The van der Waals surface area contributed by atoms with Crippen molar-refractivity contribution < 1.29 is 35.5 Å². The maximum Gasteiger partial charge on any atom is 0.419 e. The van der Waals surface area contributed by atoms with Crippen LogP contribution in [0.3, 0.4) is 0 Å². The molecule has 0 aliphatic rings. The molecule has 0 saturated heterocycles. The van der Waals surface area contributed by atoms with Gasteiger partial charge in [-0.25, -0.2) is 12.8 Å². The summed E-state index contributed by atoms with van der Waals surface area (Å²) in [5.41, 5.74) is -1.73. The van der Waals surface area contributed by atoms with Crippen LogP contribution < -0.4 is 10.1 Å². The van der Waals surface area contributed by atoms with E-state index in [1.807, 2.05) is 0 Å². The first-order valence-electron chi connectivity index (χ1n) is 8.88. The fraction of sp³-hybridized carbons (Fsp3) is 0.316. The predicted molar refractivity (Wildman–Crippen MR) is 102 cm³/mol. The van der Waals surface area contributed by atoms with Gasteiger partial charge in [-0.2, -0.15) is 17.5 Å². The minimum Gasteiger partial charge on any atom is -0.484 e. The minimum atomic E-state index is -4.89. The van der Waals surface area contributed by atoms with Crippen molar-refractivity contribution in [2.24, 2.45) is 0 Å². The van der Waals surface area contributed by atoms with E-state index in [1.54, 1.807) is 13.8 Å². The molecule has 0 aliphatic heterocycles. The van der Waals surface area contributed by atoms with Crippen LogP contribution in [-0.2, 0) is 21.0 Å². The molecule has 0 bridgehead atoms. The van der Waals surface area contributed by atoms with Gasteiger partial charge in [0.05, 0.1) is 10.5 Å². The Balaban J connectivity index is 2.01. The number of rotatable bonds is 8.